The number of carbonyl (C=O) groups excluding carboxylic acids is 3. The molecular formula is C11H16O6. The monoisotopic (exact) mass is 244 g/mol. The number of carbonyl (C=O) groups is 3. The zero-order chi connectivity index (χ0) is 13.4. The van der Waals surface area contributed by atoms with Crippen LogP contribution in [0.15, 0.2) is 11.6 Å². The van der Waals surface area contributed by atoms with Gasteiger partial charge in [0.15, 0.2) is 5.92 Å². The van der Waals surface area contributed by atoms with E-state index in [9.17, 15) is 14.4 Å². The topological polar surface area (TPSA) is 78.9 Å². The number of esters is 3. The number of methoxy groups -OCH3 is 3. The molecule has 0 aromatic rings. The van der Waals surface area contributed by atoms with E-state index in [0.29, 0.717) is 0 Å². The molecule has 0 unspecified atom stereocenters. The summed E-state index contributed by atoms with van der Waals surface area (Å²) in [6.07, 6.45) is 1.37. The summed E-state index contributed by atoms with van der Waals surface area (Å²) >= 11 is 0. The average molecular weight is 244 g/mol. The summed E-state index contributed by atoms with van der Waals surface area (Å²) < 4.78 is 13.5. The van der Waals surface area contributed by atoms with Gasteiger partial charge in [-0.2, -0.15) is 0 Å². The van der Waals surface area contributed by atoms with E-state index in [2.05, 4.69) is 14.2 Å². The van der Waals surface area contributed by atoms with Crippen LogP contribution < -0.4 is 0 Å². The highest BCUT2D eigenvalue weighted by Crippen LogP contribution is 2.16. The van der Waals surface area contributed by atoms with Crippen LogP contribution in [0.5, 0.6) is 0 Å². The summed E-state index contributed by atoms with van der Waals surface area (Å²) in [7, 11) is 3.54. The van der Waals surface area contributed by atoms with Gasteiger partial charge < -0.3 is 14.2 Å². The lowest BCUT2D eigenvalue weighted by Gasteiger charge is -2.13. The van der Waals surface area contributed by atoms with Crippen molar-refractivity contribution in [1.29, 1.82) is 0 Å². The van der Waals surface area contributed by atoms with Crippen molar-refractivity contribution in [2.45, 2.75) is 13.3 Å². The molecule has 0 rings (SSSR count). The first-order valence-corrected chi connectivity index (χ1v) is 4.90. The zero-order valence-corrected chi connectivity index (χ0v) is 10.3. The fourth-order valence-electron chi connectivity index (χ4n) is 1.22. The number of hydrogen-bond donors (Lipinski definition) is 0. The highest BCUT2D eigenvalue weighted by Gasteiger charge is 2.31. The van der Waals surface area contributed by atoms with Gasteiger partial charge in [-0.25, -0.2) is 4.79 Å². The van der Waals surface area contributed by atoms with Crippen LogP contribution in [0, 0.1) is 5.92 Å². The van der Waals surface area contributed by atoms with Crippen molar-refractivity contribution < 1.29 is 28.6 Å². The fourth-order valence-corrected chi connectivity index (χ4v) is 1.22. The SMILES string of the molecule is CC=C(CC(C(=O)OC)C(=O)OC)C(=O)OC. The maximum absolute atomic E-state index is 11.4. The molecule has 0 radical (unpaired) electrons. The van der Waals surface area contributed by atoms with Gasteiger partial charge in [0.05, 0.1) is 21.3 Å². The normalized spacial score (nSPS) is 11.0. The van der Waals surface area contributed by atoms with Crippen LogP contribution in [-0.4, -0.2) is 39.2 Å². The molecule has 0 aliphatic carbocycles. The molecule has 6 nitrogen and oxygen atoms in total. The zero-order valence-electron chi connectivity index (χ0n) is 10.3. The van der Waals surface area contributed by atoms with Crippen LogP contribution in [0.25, 0.3) is 0 Å². The first-order chi connectivity index (χ1) is 8.01. The van der Waals surface area contributed by atoms with Crippen molar-refractivity contribution >= 4 is 17.9 Å². The summed E-state index contributed by atoms with van der Waals surface area (Å²) in [5.41, 5.74) is 0.216. The molecule has 0 bridgehead atoms. The molecule has 0 aliphatic rings. The lowest BCUT2D eigenvalue weighted by Crippen LogP contribution is -2.28. The molecule has 0 saturated heterocycles. The lowest BCUT2D eigenvalue weighted by atomic mass is 9.99. The number of rotatable bonds is 5. The number of hydrogen-bond acceptors (Lipinski definition) is 6. The minimum atomic E-state index is -1.16. The Balaban J connectivity index is 4.92. The standard InChI is InChI=1S/C11H16O6/c1-5-7(9(12)15-2)6-8(10(13)16-3)11(14)17-4/h5,8H,6H2,1-4H3. The summed E-state index contributed by atoms with van der Waals surface area (Å²) in [5, 5.41) is 0. The Labute approximate surface area is 99.5 Å². The molecule has 0 saturated carbocycles. The van der Waals surface area contributed by atoms with E-state index in [1.54, 1.807) is 6.92 Å². The summed E-state index contributed by atoms with van der Waals surface area (Å²) in [4.78, 5) is 34.1. The third kappa shape index (κ3) is 4.26. The van der Waals surface area contributed by atoms with Gasteiger partial charge in [0.25, 0.3) is 0 Å². The predicted molar refractivity (Wildman–Crippen MR) is 57.9 cm³/mol. The first kappa shape index (κ1) is 15.2. The van der Waals surface area contributed by atoms with Crippen molar-refractivity contribution in [2.24, 2.45) is 5.92 Å². The molecule has 0 spiro atoms. The Kier molecular flexibility index (Phi) is 6.62. The summed E-state index contributed by atoms with van der Waals surface area (Å²) in [6.45, 7) is 1.61. The van der Waals surface area contributed by atoms with E-state index in [1.165, 1.54) is 13.2 Å². The van der Waals surface area contributed by atoms with Crippen LogP contribution in [0.2, 0.25) is 0 Å². The second kappa shape index (κ2) is 7.43. The fraction of sp³-hybridized carbons (Fsp3) is 0.545. The minimum absolute atomic E-state index is 0.109. The van der Waals surface area contributed by atoms with Crippen LogP contribution in [-0.2, 0) is 28.6 Å². The lowest BCUT2D eigenvalue weighted by molar-refractivity contribution is -0.158. The molecule has 17 heavy (non-hydrogen) atoms. The Morgan fingerprint density at radius 1 is 1.00 bits per heavy atom. The van der Waals surface area contributed by atoms with Gasteiger partial charge in [-0.15, -0.1) is 0 Å². The summed E-state index contributed by atoms with van der Waals surface area (Å²) in [6, 6.07) is 0. The van der Waals surface area contributed by atoms with Gasteiger partial charge in [-0.05, 0) is 6.92 Å². The number of allylic oxidation sites excluding steroid dienone is 1. The first-order valence-electron chi connectivity index (χ1n) is 4.90. The van der Waals surface area contributed by atoms with E-state index in [-0.39, 0.29) is 12.0 Å². The maximum atomic E-state index is 11.4. The molecule has 0 amide bonds. The van der Waals surface area contributed by atoms with Crippen molar-refractivity contribution in [3.05, 3.63) is 11.6 Å². The maximum Gasteiger partial charge on any atom is 0.333 e. The molecule has 0 N–H and O–H groups in total. The minimum Gasteiger partial charge on any atom is -0.468 e. The Morgan fingerprint density at radius 3 is 1.76 bits per heavy atom. The van der Waals surface area contributed by atoms with Crippen LogP contribution >= 0.6 is 0 Å². The van der Waals surface area contributed by atoms with Gasteiger partial charge in [-0.1, -0.05) is 6.08 Å². The highest BCUT2D eigenvalue weighted by atomic mass is 16.5. The van der Waals surface area contributed by atoms with Crippen LogP contribution in [0.4, 0.5) is 0 Å². The quantitative estimate of drug-likeness (QED) is 0.302. The Hall–Kier alpha value is -1.85. The van der Waals surface area contributed by atoms with Crippen molar-refractivity contribution in [2.75, 3.05) is 21.3 Å². The van der Waals surface area contributed by atoms with E-state index in [1.807, 2.05) is 0 Å². The second-order valence-electron chi connectivity index (χ2n) is 3.11. The molecule has 96 valence electrons. The molecule has 0 aromatic heterocycles. The molecule has 0 atom stereocenters. The number of ether oxygens (including phenoxy) is 3. The van der Waals surface area contributed by atoms with Gasteiger partial charge in [0.1, 0.15) is 0 Å². The van der Waals surface area contributed by atoms with Crippen molar-refractivity contribution in [3.63, 3.8) is 0 Å². The third-order valence-corrected chi connectivity index (χ3v) is 2.19. The van der Waals surface area contributed by atoms with Gasteiger partial charge in [0, 0.05) is 12.0 Å². The van der Waals surface area contributed by atoms with Gasteiger partial charge >= 0.3 is 17.9 Å². The van der Waals surface area contributed by atoms with Crippen molar-refractivity contribution in [3.8, 4) is 0 Å². The predicted octanol–water partition coefficient (Wildman–Crippen LogP) is 0.458. The largest absolute Gasteiger partial charge is 0.468 e. The second-order valence-corrected chi connectivity index (χ2v) is 3.11. The third-order valence-electron chi connectivity index (χ3n) is 2.19. The summed E-state index contributed by atoms with van der Waals surface area (Å²) in [5.74, 6) is -3.25. The van der Waals surface area contributed by atoms with Gasteiger partial charge in [-0.3, -0.25) is 9.59 Å². The van der Waals surface area contributed by atoms with Gasteiger partial charge in [0.2, 0.25) is 0 Å². The van der Waals surface area contributed by atoms with E-state index in [4.69, 9.17) is 0 Å². The van der Waals surface area contributed by atoms with Crippen molar-refractivity contribution in [1.82, 2.24) is 0 Å². The molecule has 0 heterocycles. The molecule has 6 heteroatoms. The molecule has 0 aromatic carbocycles. The van der Waals surface area contributed by atoms with E-state index < -0.39 is 23.8 Å². The van der Waals surface area contributed by atoms with Crippen LogP contribution in [0.3, 0.4) is 0 Å². The van der Waals surface area contributed by atoms with E-state index >= 15 is 0 Å². The molecule has 0 fully saturated rings. The highest BCUT2D eigenvalue weighted by molar-refractivity contribution is 5.97. The Bertz CT molecular complexity index is 315. The average Bonchev–Trinajstić information content (AvgIpc) is 2.37. The van der Waals surface area contributed by atoms with E-state index in [0.717, 1.165) is 14.2 Å². The molecule has 0 aliphatic heterocycles. The smallest absolute Gasteiger partial charge is 0.333 e. The van der Waals surface area contributed by atoms with Crippen LogP contribution in [0.1, 0.15) is 13.3 Å². The molecular weight excluding hydrogens is 228 g/mol. The Morgan fingerprint density at radius 2 is 1.47 bits per heavy atom.